The van der Waals surface area contributed by atoms with E-state index in [0.29, 0.717) is 5.82 Å². The Balaban J connectivity index is 2.62. The summed E-state index contributed by atoms with van der Waals surface area (Å²) >= 11 is 0. The van der Waals surface area contributed by atoms with Gasteiger partial charge in [0.15, 0.2) is 0 Å². The molecule has 0 aliphatic rings. The van der Waals surface area contributed by atoms with Gasteiger partial charge in [-0.05, 0) is 26.0 Å². The molecule has 0 fully saturated rings. The van der Waals surface area contributed by atoms with Crippen molar-refractivity contribution in [3.63, 3.8) is 0 Å². The lowest BCUT2D eigenvalue weighted by Gasteiger charge is -2.04. The van der Waals surface area contributed by atoms with E-state index < -0.39 is 0 Å². The maximum atomic E-state index is 11.2. The molecule has 4 nitrogen and oxygen atoms in total. The number of benzene rings is 1. The van der Waals surface area contributed by atoms with Crippen LogP contribution >= 0.6 is 0 Å². The second-order valence-corrected chi connectivity index (χ2v) is 3.83. The Morgan fingerprint density at radius 3 is 2.31 bits per heavy atom. The normalized spacial score (nSPS) is 10.4. The highest BCUT2D eigenvalue weighted by molar-refractivity contribution is 5.57. The van der Waals surface area contributed by atoms with Crippen LogP contribution in [0.15, 0.2) is 29.1 Å². The van der Waals surface area contributed by atoms with E-state index in [0.717, 1.165) is 22.8 Å². The molecule has 2 rings (SSSR count). The lowest BCUT2D eigenvalue weighted by Crippen LogP contribution is -2.06. The molecule has 0 saturated heterocycles. The Kier molecular flexibility index (Phi) is 2.48. The molecule has 0 saturated carbocycles. The maximum absolute atomic E-state index is 11.2. The average molecular weight is 216 g/mol. The third kappa shape index (κ3) is 2.11. The lowest BCUT2D eigenvalue weighted by atomic mass is 10.1. The highest BCUT2D eigenvalue weighted by Gasteiger charge is 2.04. The third-order valence-electron chi connectivity index (χ3n) is 2.22. The van der Waals surface area contributed by atoms with E-state index in [1.54, 1.807) is 0 Å². The van der Waals surface area contributed by atoms with Crippen molar-refractivity contribution < 1.29 is 5.11 Å². The summed E-state index contributed by atoms with van der Waals surface area (Å²) in [7, 11) is 0. The third-order valence-corrected chi connectivity index (χ3v) is 2.22. The van der Waals surface area contributed by atoms with Gasteiger partial charge in [-0.1, -0.05) is 17.2 Å². The van der Waals surface area contributed by atoms with Crippen molar-refractivity contribution in [1.29, 1.82) is 0 Å². The number of hydrogen-bond donors (Lipinski definition) is 2. The maximum Gasteiger partial charge on any atom is 0.254 e. The standard InChI is InChI=1S/C12H12N2O2/c1-7-3-8(2)5-9(4-7)12-13-10(15)6-11(16)14-12/h3-6H,1-2H3,(H2,13,14,15,16). The molecule has 82 valence electrons. The van der Waals surface area contributed by atoms with Gasteiger partial charge < -0.3 is 10.1 Å². The zero-order valence-corrected chi connectivity index (χ0v) is 9.11. The van der Waals surface area contributed by atoms with E-state index in [4.69, 9.17) is 0 Å². The molecular weight excluding hydrogens is 204 g/mol. The number of nitrogens with one attached hydrogen (secondary N) is 1. The van der Waals surface area contributed by atoms with Gasteiger partial charge in [0.1, 0.15) is 5.82 Å². The predicted molar refractivity (Wildman–Crippen MR) is 61.4 cm³/mol. The van der Waals surface area contributed by atoms with E-state index in [-0.39, 0.29) is 11.4 Å². The average Bonchev–Trinajstić information content (AvgIpc) is 2.14. The lowest BCUT2D eigenvalue weighted by molar-refractivity contribution is 0.452. The minimum atomic E-state index is -0.360. The van der Waals surface area contributed by atoms with E-state index in [2.05, 4.69) is 9.97 Å². The predicted octanol–water partition coefficient (Wildman–Crippen LogP) is 1.76. The number of H-pyrrole nitrogens is 1. The number of aromatic nitrogens is 2. The van der Waals surface area contributed by atoms with Crippen LogP contribution in [0.4, 0.5) is 0 Å². The largest absolute Gasteiger partial charge is 0.493 e. The van der Waals surface area contributed by atoms with E-state index in [9.17, 15) is 9.90 Å². The Labute approximate surface area is 92.6 Å². The van der Waals surface area contributed by atoms with Crippen molar-refractivity contribution in [2.24, 2.45) is 0 Å². The molecule has 0 atom stereocenters. The van der Waals surface area contributed by atoms with Crippen LogP contribution in [0, 0.1) is 13.8 Å². The van der Waals surface area contributed by atoms with Crippen LogP contribution in [-0.4, -0.2) is 15.1 Å². The van der Waals surface area contributed by atoms with Crippen molar-refractivity contribution in [3.8, 4) is 17.3 Å². The summed E-state index contributed by atoms with van der Waals surface area (Å²) in [6, 6.07) is 6.89. The number of aryl methyl sites for hydroxylation is 2. The molecule has 2 N–H and O–H groups in total. The first-order chi connectivity index (χ1) is 7.54. The summed E-state index contributed by atoms with van der Waals surface area (Å²) in [4.78, 5) is 17.7. The Bertz CT molecular complexity index is 568. The molecule has 1 aromatic heterocycles. The minimum Gasteiger partial charge on any atom is -0.493 e. The molecule has 0 aliphatic heterocycles. The second-order valence-electron chi connectivity index (χ2n) is 3.83. The van der Waals surface area contributed by atoms with Gasteiger partial charge in [-0.2, -0.15) is 4.98 Å². The van der Waals surface area contributed by atoms with Crippen LogP contribution in [0.1, 0.15) is 11.1 Å². The molecular formula is C12H12N2O2. The van der Waals surface area contributed by atoms with Crippen LogP contribution < -0.4 is 5.56 Å². The van der Waals surface area contributed by atoms with E-state index in [1.165, 1.54) is 0 Å². The van der Waals surface area contributed by atoms with Crippen LogP contribution in [0.2, 0.25) is 0 Å². The van der Waals surface area contributed by atoms with Gasteiger partial charge in [0, 0.05) is 5.56 Å². The highest BCUT2D eigenvalue weighted by atomic mass is 16.3. The first-order valence-electron chi connectivity index (χ1n) is 4.93. The molecule has 0 unspecified atom stereocenters. The molecule has 0 bridgehead atoms. The van der Waals surface area contributed by atoms with Crippen molar-refractivity contribution in [1.82, 2.24) is 9.97 Å². The summed E-state index contributed by atoms with van der Waals surface area (Å²) in [6.07, 6.45) is 0. The number of rotatable bonds is 1. The SMILES string of the molecule is Cc1cc(C)cc(-c2nc(O)cc(=O)[nH]2)c1. The number of aromatic hydroxyl groups is 1. The topological polar surface area (TPSA) is 66.0 Å². The molecule has 0 spiro atoms. The number of hydrogen-bond acceptors (Lipinski definition) is 3. The summed E-state index contributed by atoms with van der Waals surface area (Å²) in [5, 5.41) is 9.26. The van der Waals surface area contributed by atoms with Gasteiger partial charge in [0.05, 0.1) is 6.07 Å². The fraction of sp³-hybridized carbons (Fsp3) is 0.167. The first-order valence-corrected chi connectivity index (χ1v) is 4.93. The number of aromatic amines is 1. The molecule has 4 heteroatoms. The Morgan fingerprint density at radius 2 is 1.75 bits per heavy atom. The molecule has 0 radical (unpaired) electrons. The van der Waals surface area contributed by atoms with Gasteiger partial charge in [-0.25, -0.2) is 0 Å². The smallest absolute Gasteiger partial charge is 0.254 e. The summed E-state index contributed by atoms with van der Waals surface area (Å²) < 4.78 is 0. The Hall–Kier alpha value is -2.10. The molecule has 1 heterocycles. The zero-order chi connectivity index (χ0) is 11.7. The van der Waals surface area contributed by atoms with Crippen molar-refractivity contribution in [2.45, 2.75) is 13.8 Å². The zero-order valence-electron chi connectivity index (χ0n) is 9.11. The fourth-order valence-electron chi connectivity index (χ4n) is 1.69. The summed E-state index contributed by atoms with van der Waals surface area (Å²) in [5.41, 5.74) is 2.61. The van der Waals surface area contributed by atoms with Crippen LogP contribution in [-0.2, 0) is 0 Å². The molecule has 0 amide bonds. The molecule has 16 heavy (non-hydrogen) atoms. The van der Waals surface area contributed by atoms with Crippen LogP contribution in [0.25, 0.3) is 11.4 Å². The van der Waals surface area contributed by atoms with Crippen LogP contribution in [0.3, 0.4) is 0 Å². The quantitative estimate of drug-likeness (QED) is 0.763. The molecule has 1 aromatic carbocycles. The number of nitrogens with zero attached hydrogens (tertiary/aromatic N) is 1. The second kappa shape index (κ2) is 3.81. The van der Waals surface area contributed by atoms with Gasteiger partial charge in [-0.3, -0.25) is 4.79 Å². The van der Waals surface area contributed by atoms with Gasteiger partial charge in [0.2, 0.25) is 5.88 Å². The van der Waals surface area contributed by atoms with Crippen LogP contribution in [0.5, 0.6) is 5.88 Å². The van der Waals surface area contributed by atoms with Gasteiger partial charge in [0.25, 0.3) is 5.56 Å². The van der Waals surface area contributed by atoms with Gasteiger partial charge >= 0.3 is 0 Å². The van der Waals surface area contributed by atoms with Crippen molar-refractivity contribution in [3.05, 3.63) is 45.7 Å². The van der Waals surface area contributed by atoms with Gasteiger partial charge in [-0.15, -0.1) is 0 Å². The fourth-order valence-corrected chi connectivity index (χ4v) is 1.69. The van der Waals surface area contributed by atoms with E-state index >= 15 is 0 Å². The first kappa shape index (κ1) is 10.4. The van der Waals surface area contributed by atoms with Crippen molar-refractivity contribution in [2.75, 3.05) is 0 Å². The highest BCUT2D eigenvalue weighted by Crippen LogP contribution is 2.18. The molecule has 2 aromatic rings. The minimum absolute atomic E-state index is 0.266. The summed E-state index contributed by atoms with van der Waals surface area (Å²) in [6.45, 7) is 3.94. The van der Waals surface area contributed by atoms with Crippen molar-refractivity contribution >= 4 is 0 Å². The van der Waals surface area contributed by atoms with E-state index in [1.807, 2.05) is 32.0 Å². The monoisotopic (exact) mass is 216 g/mol. The summed E-state index contributed by atoms with van der Waals surface area (Å²) in [5.74, 6) is 0.120. The Morgan fingerprint density at radius 1 is 1.12 bits per heavy atom. The molecule has 0 aliphatic carbocycles.